The lowest BCUT2D eigenvalue weighted by atomic mass is 10.1. The van der Waals surface area contributed by atoms with E-state index in [0.29, 0.717) is 0 Å². The average Bonchev–Trinajstić information content (AvgIpc) is 2.73. The van der Waals surface area contributed by atoms with Crippen LogP contribution in [0.25, 0.3) is 0 Å². The lowest BCUT2D eigenvalue weighted by Gasteiger charge is -2.27. The molecule has 1 fully saturated rings. The number of carbonyl (C=O) groups is 2. The molecule has 3 rings (SSSR count). The van der Waals surface area contributed by atoms with Gasteiger partial charge in [-0.15, -0.1) is 0 Å². The molecule has 0 aliphatic carbocycles. The van der Waals surface area contributed by atoms with E-state index in [4.69, 9.17) is 0 Å². The minimum atomic E-state index is -3.85. The summed E-state index contributed by atoms with van der Waals surface area (Å²) in [7, 11) is -2.16. The molecule has 7 nitrogen and oxygen atoms in total. The van der Waals surface area contributed by atoms with Gasteiger partial charge < -0.3 is 10.2 Å². The quantitative estimate of drug-likeness (QED) is 0.825. The molecule has 1 atom stereocenters. The molecule has 0 aromatic heterocycles. The van der Waals surface area contributed by atoms with E-state index in [0.717, 1.165) is 9.87 Å². The SMILES string of the molecule is CC(c1ccccc1)N(C)C(=O)c1cccc(S(=O)(=O)N2CCNC(=O)C2)c1. The van der Waals surface area contributed by atoms with Crippen LogP contribution in [0.3, 0.4) is 0 Å². The van der Waals surface area contributed by atoms with E-state index in [9.17, 15) is 18.0 Å². The standard InChI is InChI=1S/C20H23N3O4S/c1-15(16-7-4-3-5-8-16)22(2)20(25)17-9-6-10-18(13-17)28(26,27)23-12-11-21-19(24)14-23/h3-10,13,15H,11-12,14H2,1-2H3,(H,21,24). The van der Waals surface area contributed by atoms with Crippen LogP contribution in [-0.2, 0) is 14.8 Å². The first-order valence-electron chi connectivity index (χ1n) is 8.99. The second-order valence-electron chi connectivity index (χ2n) is 6.72. The molecular formula is C20H23N3O4S. The van der Waals surface area contributed by atoms with E-state index in [1.54, 1.807) is 24.1 Å². The van der Waals surface area contributed by atoms with Gasteiger partial charge in [0.25, 0.3) is 5.91 Å². The minimum Gasteiger partial charge on any atom is -0.354 e. The summed E-state index contributed by atoms with van der Waals surface area (Å²) in [5.41, 5.74) is 1.27. The summed E-state index contributed by atoms with van der Waals surface area (Å²) < 4.78 is 26.8. The number of rotatable bonds is 5. The van der Waals surface area contributed by atoms with Crippen molar-refractivity contribution in [2.45, 2.75) is 17.9 Å². The van der Waals surface area contributed by atoms with Gasteiger partial charge in [0.1, 0.15) is 0 Å². The van der Waals surface area contributed by atoms with Crippen molar-refractivity contribution in [1.82, 2.24) is 14.5 Å². The number of nitrogens with one attached hydrogen (secondary N) is 1. The van der Waals surface area contributed by atoms with Crippen molar-refractivity contribution in [2.75, 3.05) is 26.7 Å². The smallest absolute Gasteiger partial charge is 0.254 e. The van der Waals surface area contributed by atoms with Gasteiger partial charge in [0.2, 0.25) is 15.9 Å². The highest BCUT2D eigenvalue weighted by Gasteiger charge is 2.30. The molecule has 1 heterocycles. The fourth-order valence-corrected chi connectivity index (χ4v) is 4.54. The monoisotopic (exact) mass is 401 g/mol. The molecule has 0 spiro atoms. The van der Waals surface area contributed by atoms with E-state index in [2.05, 4.69) is 5.32 Å². The average molecular weight is 401 g/mol. The first-order chi connectivity index (χ1) is 13.3. The Balaban J connectivity index is 1.84. The molecule has 1 aliphatic heterocycles. The van der Waals surface area contributed by atoms with Crippen LogP contribution >= 0.6 is 0 Å². The van der Waals surface area contributed by atoms with Gasteiger partial charge in [-0.1, -0.05) is 36.4 Å². The highest BCUT2D eigenvalue weighted by Crippen LogP contribution is 2.23. The van der Waals surface area contributed by atoms with Crippen LogP contribution in [-0.4, -0.2) is 56.1 Å². The number of nitrogens with zero attached hydrogens (tertiary/aromatic N) is 2. The summed E-state index contributed by atoms with van der Waals surface area (Å²) in [5, 5.41) is 2.60. The Kier molecular flexibility index (Phi) is 5.81. The van der Waals surface area contributed by atoms with Gasteiger partial charge in [0, 0.05) is 25.7 Å². The van der Waals surface area contributed by atoms with Crippen molar-refractivity contribution in [3.63, 3.8) is 0 Å². The molecule has 0 saturated carbocycles. The van der Waals surface area contributed by atoms with E-state index in [-0.39, 0.29) is 47.9 Å². The van der Waals surface area contributed by atoms with Crippen LogP contribution in [0.2, 0.25) is 0 Å². The normalized spacial score (nSPS) is 16.3. The summed E-state index contributed by atoms with van der Waals surface area (Å²) >= 11 is 0. The lowest BCUT2D eigenvalue weighted by molar-refractivity contribution is -0.122. The van der Waals surface area contributed by atoms with Gasteiger partial charge in [-0.25, -0.2) is 8.42 Å². The Hall–Kier alpha value is -2.71. The molecule has 1 N–H and O–H groups in total. The van der Waals surface area contributed by atoms with Crippen LogP contribution in [0, 0.1) is 0 Å². The van der Waals surface area contributed by atoms with Crippen molar-refractivity contribution in [1.29, 1.82) is 0 Å². The van der Waals surface area contributed by atoms with Crippen molar-refractivity contribution in [3.05, 3.63) is 65.7 Å². The molecule has 2 aromatic rings. The van der Waals surface area contributed by atoms with Crippen LogP contribution < -0.4 is 5.32 Å². The highest BCUT2D eigenvalue weighted by molar-refractivity contribution is 7.89. The second kappa shape index (κ2) is 8.12. The van der Waals surface area contributed by atoms with Gasteiger partial charge in [-0.3, -0.25) is 9.59 Å². The maximum atomic E-state index is 12.9. The lowest BCUT2D eigenvalue weighted by Crippen LogP contribution is -2.49. The van der Waals surface area contributed by atoms with Crippen LogP contribution in [0.15, 0.2) is 59.5 Å². The first-order valence-corrected chi connectivity index (χ1v) is 10.4. The number of sulfonamides is 1. The Labute approximate surface area is 165 Å². The zero-order valence-electron chi connectivity index (χ0n) is 15.8. The minimum absolute atomic E-state index is 0.00816. The predicted molar refractivity (Wildman–Crippen MR) is 105 cm³/mol. The van der Waals surface area contributed by atoms with Crippen molar-refractivity contribution < 1.29 is 18.0 Å². The molecule has 0 bridgehead atoms. The largest absolute Gasteiger partial charge is 0.354 e. The van der Waals surface area contributed by atoms with Crippen LogP contribution in [0.5, 0.6) is 0 Å². The van der Waals surface area contributed by atoms with Crippen LogP contribution in [0.1, 0.15) is 28.9 Å². The molecule has 148 valence electrons. The molecule has 2 amide bonds. The van der Waals surface area contributed by atoms with E-state index < -0.39 is 10.0 Å². The molecule has 0 radical (unpaired) electrons. The van der Waals surface area contributed by atoms with Crippen molar-refractivity contribution >= 4 is 21.8 Å². The number of benzene rings is 2. The summed E-state index contributed by atoms with van der Waals surface area (Å²) in [4.78, 5) is 26.1. The maximum Gasteiger partial charge on any atom is 0.254 e. The maximum absolute atomic E-state index is 12.9. The molecule has 28 heavy (non-hydrogen) atoms. The zero-order chi connectivity index (χ0) is 20.3. The van der Waals surface area contributed by atoms with Gasteiger partial charge in [0.15, 0.2) is 0 Å². The Bertz CT molecular complexity index is 976. The molecule has 1 unspecified atom stereocenters. The molecule has 1 saturated heterocycles. The van der Waals surface area contributed by atoms with Crippen LogP contribution in [0.4, 0.5) is 0 Å². The first kappa shape index (κ1) is 20.0. The number of amides is 2. The highest BCUT2D eigenvalue weighted by atomic mass is 32.2. The molecule has 1 aliphatic rings. The van der Waals surface area contributed by atoms with Gasteiger partial charge in [0.05, 0.1) is 17.5 Å². The second-order valence-corrected chi connectivity index (χ2v) is 8.66. The van der Waals surface area contributed by atoms with Crippen molar-refractivity contribution in [3.8, 4) is 0 Å². The Morgan fingerprint density at radius 3 is 2.54 bits per heavy atom. The van der Waals surface area contributed by atoms with E-state index >= 15 is 0 Å². The Morgan fingerprint density at radius 1 is 1.14 bits per heavy atom. The zero-order valence-corrected chi connectivity index (χ0v) is 16.6. The predicted octanol–water partition coefficient (Wildman–Crippen LogP) is 1.64. The molecular weight excluding hydrogens is 378 g/mol. The third-order valence-electron chi connectivity index (χ3n) is 4.91. The number of carbonyl (C=O) groups excluding carboxylic acids is 2. The summed E-state index contributed by atoms with van der Waals surface area (Å²) in [6, 6.07) is 15.4. The summed E-state index contributed by atoms with van der Waals surface area (Å²) in [6.45, 7) is 2.18. The van der Waals surface area contributed by atoms with Crippen molar-refractivity contribution in [2.24, 2.45) is 0 Å². The third-order valence-corrected chi connectivity index (χ3v) is 6.75. The number of piperazine rings is 1. The Morgan fingerprint density at radius 2 is 1.86 bits per heavy atom. The fraction of sp³-hybridized carbons (Fsp3) is 0.300. The van der Waals surface area contributed by atoms with E-state index in [1.807, 2.05) is 37.3 Å². The van der Waals surface area contributed by atoms with E-state index in [1.165, 1.54) is 12.1 Å². The molecule has 8 heteroatoms. The third kappa shape index (κ3) is 4.07. The van der Waals surface area contributed by atoms with Gasteiger partial charge in [-0.2, -0.15) is 4.31 Å². The van der Waals surface area contributed by atoms with Gasteiger partial charge >= 0.3 is 0 Å². The topological polar surface area (TPSA) is 86.8 Å². The molecule has 2 aromatic carbocycles. The fourth-order valence-electron chi connectivity index (χ4n) is 3.09. The summed E-state index contributed by atoms with van der Waals surface area (Å²) in [6.07, 6.45) is 0. The number of hydrogen-bond donors (Lipinski definition) is 1. The summed E-state index contributed by atoms with van der Waals surface area (Å²) in [5.74, 6) is -0.608. The number of hydrogen-bond acceptors (Lipinski definition) is 4. The van der Waals surface area contributed by atoms with Gasteiger partial charge in [-0.05, 0) is 30.7 Å².